The summed E-state index contributed by atoms with van der Waals surface area (Å²) in [6, 6.07) is 11.8. The highest BCUT2D eigenvalue weighted by atomic mass is 79.9. The second-order valence-electron chi connectivity index (χ2n) is 6.05. The van der Waals surface area contributed by atoms with Gasteiger partial charge in [-0.1, -0.05) is 28.1 Å². The summed E-state index contributed by atoms with van der Waals surface area (Å²) in [7, 11) is -3.62. The number of sulfonamides is 1. The second kappa shape index (κ2) is 7.77. The van der Waals surface area contributed by atoms with Gasteiger partial charge >= 0.3 is 0 Å². The predicted molar refractivity (Wildman–Crippen MR) is 101 cm³/mol. The van der Waals surface area contributed by atoms with E-state index in [4.69, 9.17) is 10.5 Å². The summed E-state index contributed by atoms with van der Waals surface area (Å²) >= 11 is 3.36. The molecular weight excluding hydrogens is 420 g/mol. The third-order valence-electron chi connectivity index (χ3n) is 4.23. The Hall–Kier alpha value is -1.90. The van der Waals surface area contributed by atoms with Gasteiger partial charge in [0.15, 0.2) is 0 Å². The average molecular weight is 439 g/mol. The van der Waals surface area contributed by atoms with E-state index in [-0.39, 0.29) is 22.8 Å². The van der Waals surface area contributed by atoms with Gasteiger partial charge in [-0.05, 0) is 48.7 Å². The molecule has 1 fully saturated rings. The maximum absolute atomic E-state index is 12.7. The topological polar surface area (TPSA) is 89.7 Å². The molecule has 0 unspecified atom stereocenters. The van der Waals surface area contributed by atoms with Crippen LogP contribution in [0.1, 0.15) is 28.8 Å². The van der Waals surface area contributed by atoms with Crippen molar-refractivity contribution in [2.24, 2.45) is 5.73 Å². The fraction of sp³-hybridized carbons (Fsp3) is 0.278. The summed E-state index contributed by atoms with van der Waals surface area (Å²) in [6.07, 6.45) is 1.69. The Morgan fingerprint density at radius 3 is 2.38 bits per heavy atom. The van der Waals surface area contributed by atoms with Crippen LogP contribution in [-0.2, 0) is 16.6 Å². The highest BCUT2D eigenvalue weighted by Crippen LogP contribution is 2.27. The zero-order valence-corrected chi connectivity index (χ0v) is 16.4. The smallest absolute Gasteiger partial charge is 0.252 e. The van der Waals surface area contributed by atoms with E-state index in [1.54, 1.807) is 0 Å². The summed E-state index contributed by atoms with van der Waals surface area (Å²) in [4.78, 5) is 11.9. The van der Waals surface area contributed by atoms with Crippen molar-refractivity contribution in [1.29, 1.82) is 0 Å². The van der Waals surface area contributed by atoms with E-state index in [0.717, 1.165) is 22.9 Å². The Morgan fingerprint density at radius 1 is 1.12 bits per heavy atom. The summed E-state index contributed by atoms with van der Waals surface area (Å²) in [5.74, 6) is -0.463. The molecule has 1 heterocycles. The third kappa shape index (κ3) is 4.08. The fourth-order valence-electron chi connectivity index (χ4n) is 2.81. The quantitative estimate of drug-likeness (QED) is 0.750. The van der Waals surface area contributed by atoms with E-state index < -0.39 is 15.9 Å². The number of rotatable bonds is 6. The number of benzene rings is 2. The molecule has 0 spiro atoms. The number of amides is 1. The molecule has 0 saturated carbocycles. The predicted octanol–water partition coefficient (Wildman–Crippen LogP) is 2.91. The number of hydrogen-bond acceptors (Lipinski definition) is 4. The summed E-state index contributed by atoms with van der Waals surface area (Å²) in [5.41, 5.74) is 6.41. The van der Waals surface area contributed by atoms with Crippen LogP contribution in [0.15, 0.2) is 51.8 Å². The van der Waals surface area contributed by atoms with Crippen LogP contribution < -0.4 is 10.5 Å². The Labute approximate surface area is 161 Å². The number of carbonyl (C=O) groups excluding carboxylic acids is 1. The normalized spacial score (nSPS) is 15.1. The van der Waals surface area contributed by atoms with Crippen molar-refractivity contribution in [1.82, 2.24) is 4.31 Å². The van der Waals surface area contributed by atoms with Gasteiger partial charge in [0.05, 0.1) is 10.5 Å². The lowest BCUT2D eigenvalue weighted by Crippen LogP contribution is -2.28. The van der Waals surface area contributed by atoms with Crippen LogP contribution in [0.4, 0.5) is 0 Å². The first-order valence-electron chi connectivity index (χ1n) is 8.19. The lowest BCUT2D eigenvalue weighted by molar-refractivity contribution is 0.0995. The maximum Gasteiger partial charge on any atom is 0.252 e. The number of ether oxygens (including phenoxy) is 1. The van der Waals surface area contributed by atoms with Gasteiger partial charge in [0.25, 0.3) is 5.91 Å². The van der Waals surface area contributed by atoms with Crippen molar-refractivity contribution in [3.63, 3.8) is 0 Å². The molecule has 1 amide bonds. The largest absolute Gasteiger partial charge is 0.488 e. The molecule has 0 aliphatic carbocycles. The molecule has 138 valence electrons. The maximum atomic E-state index is 12.7. The second-order valence-corrected chi connectivity index (χ2v) is 8.90. The molecule has 2 aromatic rings. The molecule has 1 aliphatic heterocycles. The first-order chi connectivity index (χ1) is 12.4. The van der Waals surface area contributed by atoms with Crippen LogP contribution in [0, 0.1) is 0 Å². The van der Waals surface area contributed by atoms with Gasteiger partial charge in [-0.2, -0.15) is 4.31 Å². The van der Waals surface area contributed by atoms with Crippen LogP contribution >= 0.6 is 15.9 Å². The number of hydrogen-bond donors (Lipinski definition) is 1. The van der Waals surface area contributed by atoms with Gasteiger partial charge in [-0.25, -0.2) is 8.42 Å². The van der Waals surface area contributed by atoms with Gasteiger partial charge in [0.2, 0.25) is 10.0 Å². The zero-order valence-electron chi connectivity index (χ0n) is 14.0. The number of primary amides is 1. The minimum absolute atomic E-state index is 0.0578. The van der Waals surface area contributed by atoms with Crippen molar-refractivity contribution >= 4 is 31.9 Å². The van der Waals surface area contributed by atoms with Crippen molar-refractivity contribution < 1.29 is 17.9 Å². The molecule has 2 aromatic carbocycles. The molecule has 1 aliphatic rings. The van der Waals surface area contributed by atoms with Crippen LogP contribution in [-0.4, -0.2) is 31.7 Å². The first-order valence-corrected chi connectivity index (χ1v) is 10.4. The van der Waals surface area contributed by atoms with Gasteiger partial charge in [0.1, 0.15) is 12.4 Å². The minimum Gasteiger partial charge on any atom is -0.488 e. The van der Waals surface area contributed by atoms with E-state index in [1.165, 1.54) is 22.5 Å². The Kier molecular flexibility index (Phi) is 5.64. The van der Waals surface area contributed by atoms with Gasteiger partial charge in [-0.3, -0.25) is 4.79 Å². The molecule has 8 heteroatoms. The number of carbonyl (C=O) groups is 1. The molecule has 0 bridgehead atoms. The lowest BCUT2D eigenvalue weighted by atomic mass is 10.2. The van der Waals surface area contributed by atoms with Gasteiger partial charge in [-0.15, -0.1) is 0 Å². The Bertz CT molecular complexity index is 907. The monoisotopic (exact) mass is 438 g/mol. The van der Waals surface area contributed by atoms with Crippen molar-refractivity contribution in [2.75, 3.05) is 13.1 Å². The molecule has 0 atom stereocenters. The molecule has 3 rings (SSSR count). The van der Waals surface area contributed by atoms with E-state index in [1.807, 2.05) is 24.3 Å². The third-order valence-corrected chi connectivity index (χ3v) is 6.65. The Morgan fingerprint density at radius 2 is 1.77 bits per heavy atom. The highest BCUT2D eigenvalue weighted by Gasteiger charge is 2.28. The summed E-state index contributed by atoms with van der Waals surface area (Å²) in [6.45, 7) is 1.23. The lowest BCUT2D eigenvalue weighted by Gasteiger charge is -2.17. The van der Waals surface area contributed by atoms with Crippen molar-refractivity contribution in [2.45, 2.75) is 24.3 Å². The molecule has 1 saturated heterocycles. The van der Waals surface area contributed by atoms with Crippen molar-refractivity contribution in [3.8, 4) is 5.75 Å². The van der Waals surface area contributed by atoms with E-state index in [9.17, 15) is 13.2 Å². The summed E-state index contributed by atoms with van der Waals surface area (Å²) in [5, 5.41) is 0. The number of halogens is 1. The van der Waals surface area contributed by atoms with Crippen LogP contribution in [0.3, 0.4) is 0 Å². The molecule has 26 heavy (non-hydrogen) atoms. The van der Waals surface area contributed by atoms with Crippen LogP contribution in [0.2, 0.25) is 0 Å². The van der Waals surface area contributed by atoms with Crippen molar-refractivity contribution in [3.05, 3.63) is 58.1 Å². The highest BCUT2D eigenvalue weighted by molar-refractivity contribution is 9.10. The van der Waals surface area contributed by atoms with Crippen LogP contribution in [0.5, 0.6) is 5.75 Å². The van der Waals surface area contributed by atoms with Crippen LogP contribution in [0.25, 0.3) is 0 Å². The van der Waals surface area contributed by atoms with E-state index >= 15 is 0 Å². The Balaban J connectivity index is 1.85. The summed E-state index contributed by atoms with van der Waals surface area (Å²) < 4.78 is 33.4. The molecule has 2 N–H and O–H groups in total. The first kappa shape index (κ1) is 18.9. The standard InChI is InChI=1S/C18H19BrN2O4S/c19-14-5-3-13(4-6-14)12-25-17-8-7-15(11-16(17)18(20)22)26(23,24)21-9-1-2-10-21/h3-8,11H,1-2,9-10,12H2,(H2,20,22). The molecule has 0 aromatic heterocycles. The SMILES string of the molecule is NC(=O)c1cc(S(=O)(=O)N2CCCC2)ccc1OCc1ccc(Br)cc1. The fourth-order valence-corrected chi connectivity index (χ4v) is 4.62. The number of nitrogens with zero attached hydrogens (tertiary/aromatic N) is 1. The molecule has 0 radical (unpaired) electrons. The molecule has 6 nitrogen and oxygen atoms in total. The zero-order chi connectivity index (χ0) is 18.7. The minimum atomic E-state index is -3.62. The van der Waals surface area contributed by atoms with E-state index in [2.05, 4.69) is 15.9 Å². The van der Waals surface area contributed by atoms with Gasteiger partial charge in [0, 0.05) is 17.6 Å². The average Bonchev–Trinajstić information content (AvgIpc) is 3.16. The number of nitrogens with two attached hydrogens (primary N) is 1. The molecular formula is C18H19BrN2O4S. The van der Waals surface area contributed by atoms with Gasteiger partial charge < -0.3 is 10.5 Å². The van der Waals surface area contributed by atoms with E-state index in [0.29, 0.717) is 13.1 Å².